The molecule has 1 atom stereocenters. The van der Waals surface area contributed by atoms with Gasteiger partial charge in [0, 0.05) is 27.1 Å². The van der Waals surface area contributed by atoms with Gasteiger partial charge >= 0.3 is 0 Å². The van der Waals surface area contributed by atoms with E-state index in [1.807, 2.05) is 53.2 Å². The standard InChI is InChI=1S/C16H19NO2S.C15H13NO3S2/c18-16(12-5-1-2-6-12)17-11-13(14-7-3-9-19-14)15-8-4-10-20-15;17-14(11-5-6-19-9-11)16-10-15(18,12-3-1-7-20-12)13-4-2-8-21-13/h3-4,7-10,12-13H,1-2,5-6,11H2,(H,17,18);1-9,18H,10H2,(H,16,17). The highest BCUT2D eigenvalue weighted by atomic mass is 32.1. The maximum Gasteiger partial charge on any atom is 0.254 e. The van der Waals surface area contributed by atoms with Crippen molar-refractivity contribution in [1.29, 1.82) is 0 Å². The first-order valence-electron chi connectivity index (χ1n) is 13.5. The van der Waals surface area contributed by atoms with E-state index in [-0.39, 0.29) is 30.2 Å². The number of hydrogen-bond donors (Lipinski definition) is 3. The maximum absolute atomic E-state index is 12.2. The molecule has 0 spiro atoms. The molecule has 0 aliphatic heterocycles. The van der Waals surface area contributed by atoms with Crippen LogP contribution in [0.15, 0.2) is 98.4 Å². The Morgan fingerprint density at radius 2 is 1.61 bits per heavy atom. The van der Waals surface area contributed by atoms with Crippen molar-refractivity contribution in [3.05, 3.63) is 115 Å². The summed E-state index contributed by atoms with van der Waals surface area (Å²) >= 11 is 4.63. The van der Waals surface area contributed by atoms with Gasteiger partial charge in [-0.2, -0.15) is 0 Å². The molecule has 2 amide bonds. The Hall–Kier alpha value is -3.44. The quantitative estimate of drug-likeness (QED) is 0.161. The number of furan rings is 2. The van der Waals surface area contributed by atoms with Gasteiger partial charge in [-0.3, -0.25) is 9.59 Å². The first-order chi connectivity index (χ1) is 20.0. The molecule has 1 fully saturated rings. The summed E-state index contributed by atoms with van der Waals surface area (Å²) in [6.07, 6.45) is 8.96. The summed E-state index contributed by atoms with van der Waals surface area (Å²) in [6, 6.07) is 17.1. The van der Waals surface area contributed by atoms with Crippen LogP contribution in [0.2, 0.25) is 0 Å². The van der Waals surface area contributed by atoms with Gasteiger partial charge in [0.05, 0.1) is 30.6 Å². The molecule has 41 heavy (non-hydrogen) atoms. The van der Waals surface area contributed by atoms with E-state index in [1.165, 1.54) is 52.9 Å². The van der Waals surface area contributed by atoms with E-state index >= 15 is 0 Å². The fourth-order valence-electron chi connectivity index (χ4n) is 4.88. The molecule has 1 aliphatic rings. The van der Waals surface area contributed by atoms with Crippen molar-refractivity contribution in [2.75, 3.05) is 13.1 Å². The lowest BCUT2D eigenvalue weighted by molar-refractivity contribution is -0.124. The summed E-state index contributed by atoms with van der Waals surface area (Å²) in [4.78, 5) is 27.0. The smallest absolute Gasteiger partial charge is 0.254 e. The van der Waals surface area contributed by atoms with Gasteiger partial charge in [0.25, 0.3) is 5.91 Å². The van der Waals surface area contributed by atoms with E-state index in [9.17, 15) is 14.7 Å². The molecule has 0 saturated heterocycles. The van der Waals surface area contributed by atoms with Crippen molar-refractivity contribution < 1.29 is 23.5 Å². The lowest BCUT2D eigenvalue weighted by Gasteiger charge is -2.26. The molecule has 5 heterocycles. The molecule has 1 aliphatic carbocycles. The predicted molar refractivity (Wildman–Crippen MR) is 163 cm³/mol. The molecule has 7 nitrogen and oxygen atoms in total. The Labute approximate surface area is 250 Å². The minimum absolute atomic E-state index is 0.109. The third kappa shape index (κ3) is 7.26. The normalized spacial score (nSPS) is 14.3. The van der Waals surface area contributed by atoms with Crippen molar-refractivity contribution >= 4 is 45.8 Å². The van der Waals surface area contributed by atoms with Crippen LogP contribution in [0.25, 0.3) is 0 Å². The first kappa shape index (κ1) is 29.1. The summed E-state index contributed by atoms with van der Waals surface area (Å²) in [5.41, 5.74) is -0.767. The van der Waals surface area contributed by atoms with Crippen LogP contribution in [0.4, 0.5) is 0 Å². The number of hydrogen-bond acceptors (Lipinski definition) is 8. The zero-order valence-corrected chi connectivity index (χ0v) is 24.8. The van der Waals surface area contributed by atoms with Crippen molar-refractivity contribution in [2.24, 2.45) is 5.92 Å². The predicted octanol–water partition coefficient (Wildman–Crippen LogP) is 6.85. The molecular weight excluding hydrogens is 577 g/mol. The minimum Gasteiger partial charge on any atom is -0.472 e. The number of nitrogens with one attached hydrogen (secondary N) is 2. The van der Waals surface area contributed by atoms with Gasteiger partial charge in [0.2, 0.25) is 5.91 Å². The molecule has 5 aromatic rings. The number of aliphatic hydroxyl groups is 1. The van der Waals surface area contributed by atoms with Crippen LogP contribution in [0.5, 0.6) is 0 Å². The van der Waals surface area contributed by atoms with Crippen molar-refractivity contribution in [3.63, 3.8) is 0 Å². The van der Waals surface area contributed by atoms with Crippen LogP contribution in [-0.4, -0.2) is 30.0 Å². The summed E-state index contributed by atoms with van der Waals surface area (Å²) in [7, 11) is 0. The van der Waals surface area contributed by atoms with Crippen molar-refractivity contribution in [2.45, 2.75) is 37.2 Å². The SMILES string of the molecule is O=C(NCC(O)(c1cccs1)c1cccs1)c1ccoc1.O=C(NCC(c1ccco1)c1cccs1)C1CCCC1. The zero-order valence-electron chi connectivity index (χ0n) is 22.4. The Morgan fingerprint density at radius 3 is 2.17 bits per heavy atom. The summed E-state index contributed by atoms with van der Waals surface area (Å²) in [5, 5.41) is 22.8. The highest BCUT2D eigenvalue weighted by Crippen LogP contribution is 2.35. The van der Waals surface area contributed by atoms with Gasteiger partial charge in [0.1, 0.15) is 17.6 Å². The lowest BCUT2D eigenvalue weighted by Crippen LogP contribution is -2.40. The molecule has 3 N–H and O–H groups in total. The van der Waals surface area contributed by atoms with Gasteiger partial charge in [-0.25, -0.2) is 0 Å². The van der Waals surface area contributed by atoms with E-state index < -0.39 is 5.60 Å². The molecule has 0 bridgehead atoms. The van der Waals surface area contributed by atoms with Gasteiger partial charge in [-0.05, 0) is 65.4 Å². The van der Waals surface area contributed by atoms with Crippen molar-refractivity contribution in [3.8, 4) is 0 Å². The van der Waals surface area contributed by atoms with Gasteiger partial charge in [-0.1, -0.05) is 31.0 Å². The molecule has 1 saturated carbocycles. The largest absolute Gasteiger partial charge is 0.472 e. The van der Waals surface area contributed by atoms with Crippen LogP contribution in [0.1, 0.15) is 62.4 Å². The average Bonchev–Trinajstić information content (AvgIpc) is 3.85. The minimum atomic E-state index is -1.21. The van der Waals surface area contributed by atoms with Gasteiger partial charge in [0.15, 0.2) is 0 Å². The summed E-state index contributed by atoms with van der Waals surface area (Å²) in [5.74, 6) is 1.19. The number of carbonyl (C=O) groups excluding carboxylic acids is 2. The number of amides is 2. The summed E-state index contributed by atoms with van der Waals surface area (Å²) < 4.78 is 10.4. The van der Waals surface area contributed by atoms with Crippen LogP contribution >= 0.6 is 34.0 Å². The Bertz CT molecular complexity index is 1370. The van der Waals surface area contributed by atoms with E-state index in [2.05, 4.69) is 22.1 Å². The van der Waals surface area contributed by atoms with Gasteiger partial charge in [-0.15, -0.1) is 34.0 Å². The Kier molecular flexibility index (Phi) is 9.89. The highest BCUT2D eigenvalue weighted by molar-refractivity contribution is 7.11. The molecule has 10 heteroatoms. The molecule has 0 radical (unpaired) electrons. The molecule has 1 unspecified atom stereocenters. The number of carbonyl (C=O) groups is 2. The molecule has 5 aromatic heterocycles. The lowest BCUT2D eigenvalue weighted by atomic mass is 9.99. The molecule has 214 valence electrons. The number of rotatable bonds is 10. The van der Waals surface area contributed by atoms with E-state index in [4.69, 9.17) is 8.83 Å². The third-order valence-corrected chi connectivity index (χ3v) is 10.2. The van der Waals surface area contributed by atoms with Crippen molar-refractivity contribution in [1.82, 2.24) is 10.6 Å². The van der Waals surface area contributed by atoms with E-state index in [0.717, 1.165) is 28.4 Å². The molecule has 6 rings (SSSR count). The first-order valence-corrected chi connectivity index (χ1v) is 16.1. The highest BCUT2D eigenvalue weighted by Gasteiger charge is 2.34. The maximum atomic E-state index is 12.2. The van der Waals surface area contributed by atoms with Crippen LogP contribution < -0.4 is 10.6 Å². The summed E-state index contributed by atoms with van der Waals surface area (Å²) in [6.45, 7) is 0.724. The number of thiophene rings is 3. The monoisotopic (exact) mass is 608 g/mol. The average molecular weight is 609 g/mol. The van der Waals surface area contributed by atoms with Crippen LogP contribution in [0.3, 0.4) is 0 Å². The van der Waals surface area contributed by atoms with Gasteiger partial charge < -0.3 is 24.6 Å². The van der Waals surface area contributed by atoms with E-state index in [0.29, 0.717) is 12.1 Å². The second-order valence-corrected chi connectivity index (χ2v) is 12.7. The third-order valence-electron chi connectivity index (χ3n) is 7.13. The Balaban J connectivity index is 0.000000165. The second kappa shape index (κ2) is 14.0. The van der Waals surface area contributed by atoms with Crippen LogP contribution in [-0.2, 0) is 10.4 Å². The fraction of sp³-hybridized carbons (Fsp3) is 0.290. The van der Waals surface area contributed by atoms with E-state index in [1.54, 1.807) is 23.7 Å². The molecule has 0 aromatic carbocycles. The Morgan fingerprint density at radius 1 is 0.902 bits per heavy atom. The second-order valence-electron chi connectivity index (χ2n) is 9.82. The topological polar surface area (TPSA) is 105 Å². The van der Waals surface area contributed by atoms with Crippen LogP contribution in [0, 0.1) is 5.92 Å². The molecular formula is C31H32N2O5S3. The fourth-order valence-corrected chi connectivity index (χ4v) is 7.46. The zero-order chi connectivity index (χ0) is 28.5.